The molecule has 2 aromatic carbocycles. The third-order valence-corrected chi connectivity index (χ3v) is 6.54. The lowest BCUT2D eigenvalue weighted by Gasteiger charge is -2.35. The second-order valence-electron chi connectivity index (χ2n) is 8.38. The number of ketones is 1. The number of hydrogen-bond donors (Lipinski definition) is 2. The number of anilines is 2. The Morgan fingerprint density at radius 3 is 2.46 bits per heavy atom. The molecule has 1 aromatic heterocycles. The van der Waals surface area contributed by atoms with E-state index in [-0.39, 0.29) is 17.6 Å². The average Bonchev–Trinajstić information content (AvgIpc) is 3.25. The molecule has 1 aliphatic carbocycles. The molecule has 10 heteroatoms. The standard InChI is InChI=1S/C25H27N5O5/c1-32-18-9-8-13(12-20(18)34-3)14-10-16-21(17(31)11-14)22(30-25(27-16)28-24(26)29-30)15-6-5-7-19(33-2)23(15)35-4/h5-9,12,14,22H,10-11H2,1-4H3,(H3,26,27,28,29)/t14-,22-/m0/s1. The summed E-state index contributed by atoms with van der Waals surface area (Å²) in [5, 5.41) is 7.70. The van der Waals surface area contributed by atoms with Crippen LogP contribution in [0.1, 0.15) is 35.9 Å². The maximum absolute atomic E-state index is 13.7. The number of nitrogens with two attached hydrogens (primary N) is 1. The molecule has 10 nitrogen and oxygen atoms in total. The number of nitrogen functional groups attached to an aromatic ring is 1. The minimum absolute atomic E-state index is 0.00753. The monoisotopic (exact) mass is 477 g/mol. The van der Waals surface area contributed by atoms with Crippen molar-refractivity contribution in [3.8, 4) is 23.0 Å². The zero-order valence-electron chi connectivity index (χ0n) is 20.0. The Balaban J connectivity index is 1.62. The lowest BCUT2D eigenvalue weighted by atomic mass is 9.77. The van der Waals surface area contributed by atoms with Gasteiger partial charge in [-0.25, -0.2) is 4.68 Å². The van der Waals surface area contributed by atoms with Crippen molar-refractivity contribution in [3.05, 3.63) is 58.8 Å². The van der Waals surface area contributed by atoms with E-state index in [2.05, 4.69) is 15.4 Å². The number of aromatic nitrogens is 3. The molecule has 1 aliphatic heterocycles. The van der Waals surface area contributed by atoms with E-state index in [1.807, 2.05) is 36.4 Å². The minimum atomic E-state index is -0.560. The van der Waals surface area contributed by atoms with Gasteiger partial charge in [-0.05, 0) is 36.1 Å². The Labute approximate surface area is 202 Å². The van der Waals surface area contributed by atoms with Crippen molar-refractivity contribution in [3.63, 3.8) is 0 Å². The van der Waals surface area contributed by atoms with Gasteiger partial charge in [0.15, 0.2) is 28.8 Å². The van der Waals surface area contributed by atoms with Crippen molar-refractivity contribution in [1.82, 2.24) is 14.8 Å². The van der Waals surface area contributed by atoms with E-state index < -0.39 is 6.04 Å². The van der Waals surface area contributed by atoms with Gasteiger partial charge in [-0.2, -0.15) is 4.98 Å². The number of ether oxygens (including phenoxy) is 4. The van der Waals surface area contributed by atoms with E-state index in [0.717, 1.165) is 16.8 Å². The number of hydrogen-bond acceptors (Lipinski definition) is 9. The first-order valence-corrected chi connectivity index (χ1v) is 11.2. The number of nitrogens with zero attached hydrogens (tertiary/aromatic N) is 3. The van der Waals surface area contributed by atoms with Crippen molar-refractivity contribution in [2.24, 2.45) is 0 Å². The molecule has 0 saturated carbocycles. The molecule has 3 aromatic rings. The molecule has 0 fully saturated rings. The zero-order chi connectivity index (χ0) is 24.7. The van der Waals surface area contributed by atoms with Crippen LogP contribution in [-0.4, -0.2) is 49.0 Å². The number of benzene rings is 2. The number of nitrogens with one attached hydrogen (secondary N) is 1. The lowest BCUT2D eigenvalue weighted by molar-refractivity contribution is -0.116. The Morgan fingerprint density at radius 2 is 1.74 bits per heavy atom. The summed E-state index contributed by atoms with van der Waals surface area (Å²) in [7, 11) is 6.34. The first kappa shape index (κ1) is 22.6. The summed E-state index contributed by atoms with van der Waals surface area (Å²) in [5.41, 5.74) is 9.10. The summed E-state index contributed by atoms with van der Waals surface area (Å²) in [6, 6.07) is 10.8. The summed E-state index contributed by atoms with van der Waals surface area (Å²) >= 11 is 0. The van der Waals surface area contributed by atoms with Gasteiger partial charge in [0, 0.05) is 23.3 Å². The molecule has 0 bridgehead atoms. The van der Waals surface area contributed by atoms with Crippen molar-refractivity contribution in [1.29, 1.82) is 0 Å². The fourth-order valence-electron chi connectivity index (χ4n) is 4.99. The van der Waals surface area contributed by atoms with Gasteiger partial charge >= 0.3 is 0 Å². The second-order valence-corrected chi connectivity index (χ2v) is 8.38. The molecule has 0 unspecified atom stereocenters. The predicted octanol–water partition coefficient (Wildman–Crippen LogP) is 3.31. The molecule has 5 rings (SSSR count). The predicted molar refractivity (Wildman–Crippen MR) is 129 cm³/mol. The molecule has 3 N–H and O–H groups in total. The number of carbonyl (C=O) groups is 1. The highest BCUT2D eigenvalue weighted by Gasteiger charge is 2.41. The molecule has 2 atom stereocenters. The van der Waals surface area contributed by atoms with E-state index >= 15 is 0 Å². The molecule has 2 aliphatic rings. The maximum Gasteiger partial charge on any atom is 0.241 e. The maximum atomic E-state index is 13.7. The van der Waals surface area contributed by atoms with Gasteiger partial charge in [-0.1, -0.05) is 18.2 Å². The van der Waals surface area contributed by atoms with Gasteiger partial charge in [0.2, 0.25) is 11.9 Å². The van der Waals surface area contributed by atoms with Crippen LogP contribution >= 0.6 is 0 Å². The Morgan fingerprint density at radius 1 is 0.971 bits per heavy atom. The molecule has 0 saturated heterocycles. The Kier molecular flexibility index (Phi) is 5.72. The molecular weight excluding hydrogens is 450 g/mol. The summed E-state index contributed by atoms with van der Waals surface area (Å²) in [4.78, 5) is 18.1. The molecule has 2 heterocycles. The fraction of sp³-hybridized carbons (Fsp3) is 0.320. The topological polar surface area (TPSA) is 123 Å². The smallest absolute Gasteiger partial charge is 0.241 e. The van der Waals surface area contributed by atoms with Crippen molar-refractivity contribution in [2.75, 3.05) is 39.5 Å². The normalized spacial score (nSPS) is 18.9. The Bertz CT molecular complexity index is 1330. The first-order chi connectivity index (χ1) is 17.0. The van der Waals surface area contributed by atoms with Gasteiger partial charge in [-0.15, -0.1) is 5.10 Å². The summed E-state index contributed by atoms with van der Waals surface area (Å²) in [6.45, 7) is 0. The first-order valence-electron chi connectivity index (χ1n) is 11.2. The molecular formula is C25H27N5O5. The van der Waals surface area contributed by atoms with E-state index in [1.165, 1.54) is 0 Å². The molecule has 0 spiro atoms. The third-order valence-electron chi connectivity index (χ3n) is 6.54. The summed E-state index contributed by atoms with van der Waals surface area (Å²) in [6.07, 6.45) is 0.935. The second kappa shape index (κ2) is 8.86. The molecule has 182 valence electrons. The van der Waals surface area contributed by atoms with Gasteiger partial charge in [0.1, 0.15) is 6.04 Å². The minimum Gasteiger partial charge on any atom is -0.493 e. The van der Waals surface area contributed by atoms with E-state index in [1.54, 1.807) is 33.1 Å². The zero-order valence-corrected chi connectivity index (χ0v) is 20.0. The van der Waals surface area contributed by atoms with Crippen LogP contribution in [0, 0.1) is 0 Å². The Hall–Kier alpha value is -4.21. The van der Waals surface area contributed by atoms with Gasteiger partial charge < -0.3 is 30.0 Å². The van der Waals surface area contributed by atoms with Crippen molar-refractivity contribution < 1.29 is 23.7 Å². The van der Waals surface area contributed by atoms with Gasteiger partial charge in [0.25, 0.3) is 0 Å². The molecule has 35 heavy (non-hydrogen) atoms. The summed E-state index contributed by atoms with van der Waals surface area (Å²) in [5.74, 6) is 2.90. The highest BCUT2D eigenvalue weighted by atomic mass is 16.5. The van der Waals surface area contributed by atoms with Crippen LogP contribution < -0.4 is 30.0 Å². The highest BCUT2D eigenvalue weighted by molar-refractivity contribution is 6.00. The van der Waals surface area contributed by atoms with Crippen molar-refractivity contribution >= 4 is 17.7 Å². The quantitative estimate of drug-likeness (QED) is 0.550. The lowest BCUT2D eigenvalue weighted by Crippen LogP contribution is -2.33. The largest absolute Gasteiger partial charge is 0.493 e. The summed E-state index contributed by atoms with van der Waals surface area (Å²) < 4.78 is 23.7. The highest BCUT2D eigenvalue weighted by Crippen LogP contribution is 2.48. The molecule has 0 radical (unpaired) electrons. The SMILES string of the molecule is COc1ccc([C@@H]2CC(=O)C3=C(C2)Nc2nc(N)nn2[C@H]3c2cccc(OC)c2OC)cc1OC. The van der Waals surface area contributed by atoms with Crippen LogP contribution in [-0.2, 0) is 4.79 Å². The average molecular weight is 478 g/mol. The van der Waals surface area contributed by atoms with Crippen LogP contribution in [0.2, 0.25) is 0 Å². The van der Waals surface area contributed by atoms with E-state index in [9.17, 15) is 4.79 Å². The number of fused-ring (bicyclic) bond motifs is 1. The van der Waals surface area contributed by atoms with Crippen LogP contribution in [0.3, 0.4) is 0 Å². The van der Waals surface area contributed by atoms with E-state index in [4.69, 9.17) is 24.7 Å². The molecule has 0 amide bonds. The van der Waals surface area contributed by atoms with Crippen LogP contribution in [0.25, 0.3) is 0 Å². The van der Waals surface area contributed by atoms with Crippen LogP contribution in [0.15, 0.2) is 47.7 Å². The number of carbonyl (C=O) groups excluding carboxylic acids is 1. The van der Waals surface area contributed by atoms with Crippen LogP contribution in [0.5, 0.6) is 23.0 Å². The number of Topliss-reactive ketones (excluding diaryl/α,β-unsaturated/α-hetero) is 1. The van der Waals surface area contributed by atoms with Gasteiger partial charge in [-0.3, -0.25) is 4.79 Å². The number of para-hydroxylation sites is 1. The third kappa shape index (κ3) is 3.71. The number of rotatable bonds is 6. The number of methoxy groups -OCH3 is 4. The van der Waals surface area contributed by atoms with Gasteiger partial charge in [0.05, 0.1) is 28.4 Å². The van der Waals surface area contributed by atoms with Crippen LogP contribution in [0.4, 0.5) is 11.9 Å². The number of allylic oxidation sites excluding steroid dienone is 2. The fourth-order valence-corrected chi connectivity index (χ4v) is 4.99. The van der Waals surface area contributed by atoms with Crippen molar-refractivity contribution in [2.45, 2.75) is 24.8 Å². The van der Waals surface area contributed by atoms with E-state index in [0.29, 0.717) is 47.4 Å².